The van der Waals surface area contributed by atoms with Gasteiger partial charge in [0, 0.05) is 40.6 Å². The first-order valence-corrected chi connectivity index (χ1v) is 14.1. The molecule has 0 bridgehead atoms. The summed E-state index contributed by atoms with van der Waals surface area (Å²) in [5.74, 6) is 0.472. The highest BCUT2D eigenvalue weighted by atomic mass is 79.9. The number of likely N-dealkylation sites (tertiary alicyclic amines) is 2. The molecular formula is C30H35BrN4O2. The standard InChI is InChI=1S/C30H35BrN4O2/c1-3-37-33-28(22-8-10-26(31)11-9-22)23-12-16-35(17-13-23)30(2)14-18-34(19-15-30)29(36)25-20-24-6-4-5-7-27(24)32-21-25/h4-11,20-21,23H,3,12-19H2,1-2H3/b33-28+. The highest BCUT2D eigenvalue weighted by molar-refractivity contribution is 9.10. The average molecular weight is 564 g/mol. The lowest BCUT2D eigenvalue weighted by Crippen LogP contribution is -2.56. The first-order chi connectivity index (χ1) is 18.0. The van der Waals surface area contributed by atoms with Crippen LogP contribution in [0.5, 0.6) is 0 Å². The second-order valence-electron chi connectivity index (χ2n) is 10.4. The van der Waals surface area contributed by atoms with Crippen molar-refractivity contribution in [2.45, 2.75) is 45.1 Å². The molecule has 0 saturated carbocycles. The number of piperidine rings is 2. The Labute approximate surface area is 227 Å². The molecule has 7 heteroatoms. The molecule has 2 saturated heterocycles. The van der Waals surface area contributed by atoms with Crippen molar-refractivity contribution < 1.29 is 9.63 Å². The van der Waals surface area contributed by atoms with E-state index in [1.807, 2.05) is 42.2 Å². The molecule has 6 nitrogen and oxygen atoms in total. The van der Waals surface area contributed by atoms with Crippen LogP contribution in [0.4, 0.5) is 0 Å². The van der Waals surface area contributed by atoms with Crippen LogP contribution in [-0.2, 0) is 4.84 Å². The van der Waals surface area contributed by atoms with Gasteiger partial charge in [0.05, 0.1) is 16.8 Å². The Bertz CT molecular complexity index is 1260. The van der Waals surface area contributed by atoms with Gasteiger partial charge in [-0.3, -0.25) is 14.7 Å². The quantitative estimate of drug-likeness (QED) is 0.267. The minimum absolute atomic E-state index is 0.0882. The van der Waals surface area contributed by atoms with Crippen molar-refractivity contribution in [1.82, 2.24) is 14.8 Å². The van der Waals surface area contributed by atoms with E-state index < -0.39 is 0 Å². The molecule has 0 aliphatic carbocycles. The lowest BCUT2D eigenvalue weighted by molar-refractivity contribution is 0.0161. The molecule has 1 aromatic heterocycles. The summed E-state index contributed by atoms with van der Waals surface area (Å²) < 4.78 is 1.07. The van der Waals surface area contributed by atoms with Crippen molar-refractivity contribution in [3.63, 3.8) is 0 Å². The number of hydrogen-bond donors (Lipinski definition) is 0. The van der Waals surface area contributed by atoms with E-state index in [-0.39, 0.29) is 11.4 Å². The molecule has 37 heavy (non-hydrogen) atoms. The zero-order valence-electron chi connectivity index (χ0n) is 21.7. The van der Waals surface area contributed by atoms with Gasteiger partial charge in [0.15, 0.2) is 0 Å². The summed E-state index contributed by atoms with van der Waals surface area (Å²) in [6.45, 7) is 8.53. The first-order valence-electron chi connectivity index (χ1n) is 13.3. The maximum atomic E-state index is 13.2. The number of aromatic nitrogens is 1. The predicted molar refractivity (Wildman–Crippen MR) is 152 cm³/mol. The van der Waals surface area contributed by atoms with Gasteiger partial charge in [-0.25, -0.2) is 0 Å². The van der Waals surface area contributed by atoms with Crippen LogP contribution >= 0.6 is 15.9 Å². The number of pyridine rings is 1. The third-order valence-electron chi connectivity index (χ3n) is 8.04. The minimum Gasteiger partial charge on any atom is -0.396 e. The maximum Gasteiger partial charge on any atom is 0.255 e. The molecule has 5 rings (SSSR count). The van der Waals surface area contributed by atoms with Gasteiger partial charge in [-0.1, -0.05) is 51.4 Å². The molecule has 2 aliphatic rings. The van der Waals surface area contributed by atoms with Crippen LogP contribution in [0.3, 0.4) is 0 Å². The number of para-hydroxylation sites is 1. The fourth-order valence-corrected chi connectivity index (χ4v) is 5.95. The van der Waals surface area contributed by atoms with Crippen LogP contribution in [0.25, 0.3) is 10.9 Å². The van der Waals surface area contributed by atoms with Crippen molar-refractivity contribution >= 4 is 38.5 Å². The van der Waals surface area contributed by atoms with E-state index in [4.69, 9.17) is 4.84 Å². The molecule has 2 fully saturated rings. The summed E-state index contributed by atoms with van der Waals surface area (Å²) in [4.78, 5) is 27.9. The molecule has 0 radical (unpaired) electrons. The van der Waals surface area contributed by atoms with Gasteiger partial charge in [-0.2, -0.15) is 0 Å². The zero-order chi connectivity index (χ0) is 25.8. The van der Waals surface area contributed by atoms with Gasteiger partial charge >= 0.3 is 0 Å². The van der Waals surface area contributed by atoms with Crippen LogP contribution in [0, 0.1) is 5.92 Å². The molecule has 0 spiro atoms. The average Bonchev–Trinajstić information content (AvgIpc) is 2.94. The fourth-order valence-electron chi connectivity index (χ4n) is 5.69. The summed E-state index contributed by atoms with van der Waals surface area (Å²) in [6.07, 6.45) is 5.80. The Morgan fingerprint density at radius 2 is 1.76 bits per heavy atom. The molecule has 0 unspecified atom stereocenters. The molecular weight excluding hydrogens is 528 g/mol. The van der Waals surface area contributed by atoms with Gasteiger partial charge in [-0.15, -0.1) is 0 Å². The van der Waals surface area contributed by atoms with Crippen molar-refractivity contribution in [2.75, 3.05) is 32.8 Å². The van der Waals surface area contributed by atoms with Gasteiger partial charge in [-0.05, 0) is 82.4 Å². The summed E-state index contributed by atoms with van der Waals surface area (Å²) in [7, 11) is 0. The Morgan fingerprint density at radius 1 is 1.05 bits per heavy atom. The molecule has 194 valence electrons. The number of amides is 1. The second kappa shape index (κ2) is 11.3. The number of nitrogens with zero attached hydrogens (tertiary/aromatic N) is 4. The molecule has 0 atom stereocenters. The summed E-state index contributed by atoms with van der Waals surface area (Å²) in [6, 6.07) is 18.3. The number of fused-ring (bicyclic) bond motifs is 1. The molecule has 2 aliphatic heterocycles. The van der Waals surface area contributed by atoms with E-state index >= 15 is 0 Å². The van der Waals surface area contributed by atoms with Crippen LogP contribution in [0.15, 0.2) is 70.4 Å². The normalized spacial score (nSPS) is 19.2. The summed E-state index contributed by atoms with van der Waals surface area (Å²) >= 11 is 3.53. The fraction of sp³-hybridized carbons (Fsp3) is 0.433. The van der Waals surface area contributed by atoms with Crippen LogP contribution in [-0.4, -0.2) is 64.7 Å². The Kier molecular flexibility index (Phi) is 7.91. The molecule has 2 aromatic carbocycles. The van der Waals surface area contributed by atoms with E-state index in [1.165, 1.54) is 0 Å². The third-order valence-corrected chi connectivity index (χ3v) is 8.57. The van der Waals surface area contributed by atoms with E-state index in [1.54, 1.807) is 6.20 Å². The number of carbonyl (C=O) groups excluding carboxylic acids is 1. The number of benzene rings is 2. The minimum atomic E-state index is 0.0882. The van der Waals surface area contributed by atoms with Crippen LogP contribution < -0.4 is 0 Å². The number of halogens is 1. The van der Waals surface area contributed by atoms with Gasteiger partial charge in [0.1, 0.15) is 6.61 Å². The Balaban J connectivity index is 1.20. The monoisotopic (exact) mass is 562 g/mol. The lowest BCUT2D eigenvalue weighted by atomic mass is 9.82. The lowest BCUT2D eigenvalue weighted by Gasteiger charge is -2.49. The summed E-state index contributed by atoms with van der Waals surface area (Å²) in [5.41, 5.74) is 3.90. The Hall–Kier alpha value is -2.77. The predicted octanol–water partition coefficient (Wildman–Crippen LogP) is 6.14. The van der Waals surface area contributed by atoms with Gasteiger partial charge < -0.3 is 9.74 Å². The van der Waals surface area contributed by atoms with Gasteiger partial charge in [0.2, 0.25) is 0 Å². The molecule has 0 N–H and O–H groups in total. The van der Waals surface area contributed by atoms with Gasteiger partial charge in [0.25, 0.3) is 5.91 Å². The van der Waals surface area contributed by atoms with E-state index in [0.717, 1.165) is 78.5 Å². The number of hydrogen-bond acceptors (Lipinski definition) is 5. The maximum absolute atomic E-state index is 13.2. The number of rotatable bonds is 6. The van der Waals surface area contributed by atoms with Crippen molar-refractivity contribution in [1.29, 1.82) is 0 Å². The Morgan fingerprint density at radius 3 is 2.46 bits per heavy atom. The van der Waals surface area contributed by atoms with Crippen LogP contribution in [0.1, 0.15) is 55.5 Å². The van der Waals surface area contributed by atoms with Crippen LogP contribution in [0.2, 0.25) is 0 Å². The third kappa shape index (κ3) is 5.73. The highest BCUT2D eigenvalue weighted by Crippen LogP contribution is 2.34. The number of carbonyl (C=O) groups is 1. The zero-order valence-corrected chi connectivity index (χ0v) is 23.3. The molecule has 3 heterocycles. The van der Waals surface area contributed by atoms with E-state index in [9.17, 15) is 4.79 Å². The largest absolute Gasteiger partial charge is 0.396 e. The first kappa shape index (κ1) is 25.9. The number of oxime groups is 1. The molecule has 1 amide bonds. The highest BCUT2D eigenvalue weighted by Gasteiger charge is 2.39. The molecule has 3 aromatic rings. The smallest absolute Gasteiger partial charge is 0.255 e. The van der Waals surface area contributed by atoms with E-state index in [0.29, 0.717) is 18.1 Å². The van der Waals surface area contributed by atoms with Crippen molar-refractivity contribution in [2.24, 2.45) is 11.1 Å². The second-order valence-corrected chi connectivity index (χ2v) is 11.3. The topological polar surface area (TPSA) is 58.0 Å². The van der Waals surface area contributed by atoms with Crippen molar-refractivity contribution in [3.8, 4) is 0 Å². The van der Waals surface area contributed by atoms with E-state index in [2.05, 4.69) is 62.2 Å². The SMILES string of the molecule is CCO/N=C(\c1ccc(Br)cc1)C1CCN(C2(C)CCN(C(=O)c3cnc4ccccc4c3)CC2)CC1. The van der Waals surface area contributed by atoms with Crippen molar-refractivity contribution in [3.05, 3.63) is 76.4 Å². The summed E-state index contributed by atoms with van der Waals surface area (Å²) in [5, 5.41) is 5.54.